The Morgan fingerprint density at radius 1 is 1.38 bits per heavy atom. The Balaban J connectivity index is 1.72. The van der Waals surface area contributed by atoms with Gasteiger partial charge in [-0.2, -0.15) is 0 Å². The molecule has 4 rings (SSSR count). The lowest BCUT2D eigenvalue weighted by atomic mass is 9.52. The van der Waals surface area contributed by atoms with Crippen LogP contribution in [0.4, 0.5) is 4.79 Å². The lowest BCUT2D eigenvalue weighted by molar-refractivity contribution is -0.00517. The van der Waals surface area contributed by atoms with Crippen molar-refractivity contribution in [3.05, 3.63) is 42.0 Å². The van der Waals surface area contributed by atoms with Gasteiger partial charge in [0.15, 0.2) is 0 Å². The molecule has 1 heterocycles. The molecule has 2 bridgehead atoms. The fourth-order valence-corrected chi connectivity index (χ4v) is 5.71. The summed E-state index contributed by atoms with van der Waals surface area (Å²) in [7, 11) is 3.44. The van der Waals surface area contributed by atoms with Crippen LogP contribution in [0.3, 0.4) is 0 Å². The number of fused-ring (bicyclic) bond motifs is 1. The largest absolute Gasteiger partial charge is 0.414 e. The van der Waals surface area contributed by atoms with E-state index >= 15 is 0 Å². The van der Waals surface area contributed by atoms with Gasteiger partial charge in [-0.25, -0.2) is 4.79 Å². The van der Waals surface area contributed by atoms with Crippen LogP contribution in [0, 0.1) is 5.92 Å². The number of likely N-dealkylation sites (tertiary alicyclic amines) is 1. The number of piperidine rings is 1. The van der Waals surface area contributed by atoms with Gasteiger partial charge >= 0.3 is 6.09 Å². The second kappa shape index (κ2) is 6.73. The number of rotatable bonds is 3. The van der Waals surface area contributed by atoms with Gasteiger partial charge in [0.05, 0.1) is 0 Å². The smallest absolute Gasteiger partial charge is 0.410 e. The van der Waals surface area contributed by atoms with Crippen molar-refractivity contribution in [2.45, 2.75) is 50.0 Å². The van der Waals surface area contributed by atoms with Gasteiger partial charge in [-0.1, -0.05) is 25.0 Å². The minimum absolute atomic E-state index is 0.273. The first-order valence-electron chi connectivity index (χ1n) is 9.92. The topological polar surface area (TPSA) is 32.8 Å². The molecule has 140 valence electrons. The van der Waals surface area contributed by atoms with Crippen LogP contribution < -0.4 is 4.74 Å². The van der Waals surface area contributed by atoms with Crippen molar-refractivity contribution in [2.24, 2.45) is 5.92 Å². The zero-order valence-corrected chi connectivity index (χ0v) is 16.0. The van der Waals surface area contributed by atoms with Gasteiger partial charge in [-0.15, -0.1) is 6.58 Å². The summed E-state index contributed by atoms with van der Waals surface area (Å²) in [5.74, 6) is 1.41. The molecule has 0 N–H and O–H groups in total. The third-order valence-electron chi connectivity index (χ3n) is 6.86. The third-order valence-corrected chi connectivity index (χ3v) is 6.86. The summed E-state index contributed by atoms with van der Waals surface area (Å²) < 4.78 is 5.58. The predicted octanol–water partition coefficient (Wildman–Crippen LogP) is 3.99. The third kappa shape index (κ3) is 2.75. The van der Waals surface area contributed by atoms with Gasteiger partial charge in [-0.05, 0) is 61.4 Å². The summed E-state index contributed by atoms with van der Waals surface area (Å²) in [4.78, 5) is 16.1. The van der Waals surface area contributed by atoms with Gasteiger partial charge in [-0.3, -0.25) is 4.90 Å². The van der Waals surface area contributed by atoms with Gasteiger partial charge < -0.3 is 9.64 Å². The van der Waals surface area contributed by atoms with Crippen molar-refractivity contribution in [2.75, 3.05) is 27.2 Å². The summed E-state index contributed by atoms with van der Waals surface area (Å²) in [6, 6.07) is 6.97. The maximum Gasteiger partial charge on any atom is 0.414 e. The van der Waals surface area contributed by atoms with Crippen molar-refractivity contribution in [3.8, 4) is 5.75 Å². The molecule has 0 radical (unpaired) electrons. The Kier molecular flexibility index (Phi) is 4.55. The van der Waals surface area contributed by atoms with E-state index in [1.54, 1.807) is 14.1 Å². The molecule has 4 nitrogen and oxygen atoms in total. The van der Waals surface area contributed by atoms with E-state index in [2.05, 4.69) is 29.7 Å². The molecule has 4 heteroatoms. The van der Waals surface area contributed by atoms with Crippen LogP contribution in [-0.4, -0.2) is 49.1 Å². The Bertz CT molecular complexity index is 714. The maximum absolute atomic E-state index is 12.0. The first-order valence-corrected chi connectivity index (χ1v) is 9.92. The van der Waals surface area contributed by atoms with Crippen LogP contribution in [0.2, 0.25) is 0 Å². The number of carbonyl (C=O) groups is 1. The van der Waals surface area contributed by atoms with Gasteiger partial charge in [0.2, 0.25) is 0 Å². The normalized spacial score (nSPS) is 30.1. The lowest BCUT2D eigenvalue weighted by Crippen LogP contribution is -2.60. The number of benzene rings is 1. The molecule has 3 atom stereocenters. The van der Waals surface area contributed by atoms with E-state index < -0.39 is 0 Å². The van der Waals surface area contributed by atoms with Crippen LogP contribution in [0.15, 0.2) is 30.9 Å². The minimum Gasteiger partial charge on any atom is -0.410 e. The molecule has 3 aliphatic rings. The standard InChI is InChI=1S/C22H30N2O2/c1-4-12-24-13-11-22-10-6-5-7-18(22)20(24)14-16-8-9-17(15-19(16)22)26-21(25)23(2)3/h4,8-9,15,18,20H,1,5-7,10-14H2,2-3H3/t18-,20-,22-/m0/s1. The quantitative estimate of drug-likeness (QED) is 0.770. The molecular weight excluding hydrogens is 324 g/mol. The molecular formula is C22H30N2O2. The van der Waals surface area contributed by atoms with E-state index in [1.807, 2.05) is 6.07 Å². The van der Waals surface area contributed by atoms with Crippen molar-refractivity contribution in [1.82, 2.24) is 9.80 Å². The van der Waals surface area contributed by atoms with E-state index in [-0.39, 0.29) is 11.5 Å². The number of nitrogens with zero attached hydrogens (tertiary/aromatic N) is 2. The number of ether oxygens (including phenoxy) is 1. The summed E-state index contributed by atoms with van der Waals surface area (Å²) in [5, 5.41) is 0. The molecule has 0 aromatic heterocycles. The van der Waals surface area contributed by atoms with Gasteiger partial charge in [0, 0.05) is 32.1 Å². The number of amides is 1. The van der Waals surface area contributed by atoms with Crippen LogP contribution in [0.1, 0.15) is 43.2 Å². The van der Waals surface area contributed by atoms with Crippen molar-refractivity contribution < 1.29 is 9.53 Å². The Labute approximate surface area is 156 Å². The van der Waals surface area contributed by atoms with E-state index in [9.17, 15) is 4.79 Å². The summed E-state index contributed by atoms with van der Waals surface area (Å²) in [5.41, 5.74) is 3.18. The summed E-state index contributed by atoms with van der Waals surface area (Å²) in [6.45, 7) is 6.10. The maximum atomic E-state index is 12.0. The average Bonchev–Trinajstić information content (AvgIpc) is 2.64. The highest BCUT2D eigenvalue weighted by Crippen LogP contribution is 2.56. The number of carbonyl (C=O) groups excluding carboxylic acids is 1. The molecule has 0 unspecified atom stereocenters. The zero-order chi connectivity index (χ0) is 18.3. The molecule has 1 saturated carbocycles. The number of hydrogen-bond donors (Lipinski definition) is 0. The molecule has 2 aliphatic carbocycles. The predicted molar refractivity (Wildman–Crippen MR) is 104 cm³/mol. The van der Waals surface area contributed by atoms with Crippen molar-refractivity contribution >= 4 is 6.09 Å². The van der Waals surface area contributed by atoms with Gasteiger partial charge in [0.1, 0.15) is 5.75 Å². The molecule has 0 spiro atoms. The second-order valence-corrected chi connectivity index (χ2v) is 8.39. The summed E-state index contributed by atoms with van der Waals surface area (Å²) in [6.07, 6.45) is 9.30. The highest BCUT2D eigenvalue weighted by molar-refractivity contribution is 5.70. The monoisotopic (exact) mass is 354 g/mol. The SMILES string of the molecule is C=CCN1CC[C@@]23CCCC[C@H]2[C@@H]1Cc1ccc(OC(=O)N(C)C)cc13. The van der Waals surface area contributed by atoms with E-state index in [0.717, 1.165) is 25.4 Å². The number of hydrogen-bond acceptors (Lipinski definition) is 3. The van der Waals surface area contributed by atoms with E-state index in [0.29, 0.717) is 11.8 Å². The first kappa shape index (κ1) is 17.6. The van der Waals surface area contributed by atoms with E-state index in [1.165, 1.54) is 48.1 Å². The molecule has 1 aromatic rings. The van der Waals surface area contributed by atoms with Crippen LogP contribution in [0.25, 0.3) is 0 Å². The van der Waals surface area contributed by atoms with Crippen LogP contribution in [-0.2, 0) is 11.8 Å². The highest BCUT2D eigenvalue weighted by Gasteiger charge is 2.53. The van der Waals surface area contributed by atoms with Gasteiger partial charge in [0.25, 0.3) is 0 Å². The first-order chi connectivity index (χ1) is 12.5. The van der Waals surface area contributed by atoms with Crippen LogP contribution >= 0.6 is 0 Å². The average molecular weight is 354 g/mol. The Morgan fingerprint density at radius 3 is 3.00 bits per heavy atom. The Morgan fingerprint density at radius 2 is 2.23 bits per heavy atom. The van der Waals surface area contributed by atoms with Crippen molar-refractivity contribution in [1.29, 1.82) is 0 Å². The Hall–Kier alpha value is -1.81. The second-order valence-electron chi connectivity index (χ2n) is 8.39. The molecule has 1 aromatic carbocycles. The molecule has 1 amide bonds. The fraction of sp³-hybridized carbons (Fsp3) is 0.591. The molecule has 1 aliphatic heterocycles. The summed E-state index contributed by atoms with van der Waals surface area (Å²) >= 11 is 0. The molecule has 2 fully saturated rings. The fourth-order valence-electron chi connectivity index (χ4n) is 5.71. The van der Waals surface area contributed by atoms with E-state index in [4.69, 9.17) is 4.74 Å². The zero-order valence-electron chi connectivity index (χ0n) is 16.0. The van der Waals surface area contributed by atoms with Crippen LogP contribution in [0.5, 0.6) is 5.75 Å². The lowest BCUT2D eigenvalue weighted by Gasteiger charge is -2.59. The molecule has 26 heavy (non-hydrogen) atoms. The van der Waals surface area contributed by atoms with Crippen molar-refractivity contribution in [3.63, 3.8) is 0 Å². The molecule has 1 saturated heterocycles. The minimum atomic E-state index is -0.308. The highest BCUT2D eigenvalue weighted by atomic mass is 16.6.